The number of rotatable bonds is 7. The topological polar surface area (TPSA) is 59.8 Å². The summed E-state index contributed by atoms with van der Waals surface area (Å²) in [6.07, 6.45) is 2.66. The minimum atomic E-state index is -2.67. The lowest BCUT2D eigenvalue weighted by molar-refractivity contribution is -0.122. The summed E-state index contributed by atoms with van der Waals surface area (Å²) >= 11 is 1.58. The molecule has 1 amide bonds. The molecule has 3 aromatic heterocycles. The molecule has 3 rings (SSSR count). The van der Waals surface area contributed by atoms with E-state index in [0.717, 1.165) is 4.88 Å². The molecule has 8 heteroatoms. The van der Waals surface area contributed by atoms with Crippen LogP contribution in [-0.4, -0.2) is 20.4 Å². The zero-order chi connectivity index (χ0) is 18.5. The second-order valence-electron chi connectivity index (χ2n) is 5.80. The lowest BCUT2D eigenvalue weighted by atomic mass is 10.1. The number of halogens is 2. The highest BCUT2D eigenvalue weighted by Gasteiger charge is 2.21. The lowest BCUT2D eigenvalue weighted by Crippen LogP contribution is -2.30. The van der Waals surface area contributed by atoms with Gasteiger partial charge in [-0.25, -0.2) is 18.7 Å². The van der Waals surface area contributed by atoms with E-state index in [0.29, 0.717) is 0 Å². The highest BCUT2D eigenvalue weighted by atomic mass is 32.1. The van der Waals surface area contributed by atoms with Crippen molar-refractivity contribution >= 4 is 17.2 Å². The molecule has 0 spiro atoms. The van der Waals surface area contributed by atoms with Gasteiger partial charge in [-0.3, -0.25) is 4.79 Å². The Morgan fingerprint density at radius 2 is 2.04 bits per heavy atom. The van der Waals surface area contributed by atoms with E-state index in [-0.39, 0.29) is 29.9 Å². The number of nitrogens with zero attached hydrogens (tertiary/aromatic N) is 3. The summed E-state index contributed by atoms with van der Waals surface area (Å²) in [5, 5.41) is 4.77. The molecule has 3 aromatic rings. The van der Waals surface area contributed by atoms with Gasteiger partial charge in [0.1, 0.15) is 5.69 Å². The minimum absolute atomic E-state index is 0.120. The molecule has 0 saturated heterocycles. The Labute approximate surface area is 153 Å². The fourth-order valence-corrected chi connectivity index (χ4v) is 3.48. The van der Waals surface area contributed by atoms with Gasteiger partial charge in [0.05, 0.1) is 18.5 Å². The van der Waals surface area contributed by atoms with Crippen molar-refractivity contribution in [3.8, 4) is 0 Å². The predicted molar refractivity (Wildman–Crippen MR) is 95.1 cm³/mol. The standard InChI is InChI=1S/C18H18F2N4OS/c1-12(18-21-7-6-13(23-18)17(19)20)22-16(25)11-14(15-5-4-10-26-15)24-8-2-3-9-24/h2-10,12,14,17H,11H2,1H3,(H,22,25). The van der Waals surface area contributed by atoms with Gasteiger partial charge in [-0.1, -0.05) is 6.07 Å². The van der Waals surface area contributed by atoms with Crippen molar-refractivity contribution in [1.82, 2.24) is 19.9 Å². The van der Waals surface area contributed by atoms with E-state index in [2.05, 4.69) is 15.3 Å². The Balaban J connectivity index is 1.70. The SMILES string of the molecule is CC(NC(=O)CC(c1cccs1)n1cccc1)c1nccc(C(F)F)n1. The van der Waals surface area contributed by atoms with Crippen molar-refractivity contribution in [1.29, 1.82) is 0 Å². The maximum absolute atomic E-state index is 12.8. The average molecular weight is 376 g/mol. The number of hydrogen-bond donors (Lipinski definition) is 1. The van der Waals surface area contributed by atoms with Crippen LogP contribution >= 0.6 is 11.3 Å². The number of thiophene rings is 1. The van der Waals surface area contributed by atoms with Crippen molar-refractivity contribution in [2.45, 2.75) is 31.9 Å². The Hall–Kier alpha value is -2.61. The molecule has 0 radical (unpaired) electrons. The molecule has 0 saturated carbocycles. The summed E-state index contributed by atoms with van der Waals surface area (Å²) in [5.41, 5.74) is -0.347. The van der Waals surface area contributed by atoms with Gasteiger partial charge in [0.2, 0.25) is 5.91 Å². The van der Waals surface area contributed by atoms with Crippen LogP contribution in [-0.2, 0) is 4.79 Å². The van der Waals surface area contributed by atoms with E-state index in [1.165, 1.54) is 12.3 Å². The van der Waals surface area contributed by atoms with Crippen LogP contribution in [0, 0.1) is 0 Å². The number of hydrogen-bond acceptors (Lipinski definition) is 4. The van der Waals surface area contributed by atoms with E-state index in [9.17, 15) is 13.6 Å². The maximum atomic E-state index is 12.8. The minimum Gasteiger partial charge on any atom is -0.346 e. The molecule has 0 aliphatic rings. The molecule has 0 aliphatic carbocycles. The van der Waals surface area contributed by atoms with Gasteiger partial charge < -0.3 is 9.88 Å². The summed E-state index contributed by atoms with van der Waals surface area (Å²) in [5.74, 6) is -0.0274. The third-order valence-electron chi connectivity index (χ3n) is 3.92. The van der Waals surface area contributed by atoms with Gasteiger partial charge in [-0.2, -0.15) is 0 Å². The molecule has 0 bridgehead atoms. The third kappa shape index (κ3) is 4.32. The van der Waals surface area contributed by atoms with E-state index < -0.39 is 12.5 Å². The van der Waals surface area contributed by atoms with Crippen LogP contribution in [0.25, 0.3) is 0 Å². The molecule has 26 heavy (non-hydrogen) atoms. The highest BCUT2D eigenvalue weighted by Crippen LogP contribution is 2.27. The Morgan fingerprint density at radius 1 is 1.27 bits per heavy atom. The maximum Gasteiger partial charge on any atom is 0.280 e. The molecule has 0 fully saturated rings. The Kier molecular flexibility index (Phi) is 5.72. The number of carbonyl (C=O) groups is 1. The number of aromatic nitrogens is 3. The highest BCUT2D eigenvalue weighted by molar-refractivity contribution is 7.10. The summed E-state index contributed by atoms with van der Waals surface area (Å²) < 4.78 is 27.5. The number of amides is 1. The normalized spacial score (nSPS) is 13.5. The number of nitrogens with one attached hydrogen (secondary N) is 1. The zero-order valence-electron chi connectivity index (χ0n) is 14.0. The van der Waals surface area contributed by atoms with Crippen LogP contribution in [0.15, 0.2) is 54.3 Å². The van der Waals surface area contributed by atoms with Crippen LogP contribution < -0.4 is 5.32 Å². The van der Waals surface area contributed by atoms with Crippen LogP contribution in [0.5, 0.6) is 0 Å². The molecule has 5 nitrogen and oxygen atoms in total. The monoisotopic (exact) mass is 376 g/mol. The summed E-state index contributed by atoms with van der Waals surface area (Å²) in [7, 11) is 0. The van der Waals surface area contributed by atoms with Crippen molar-refractivity contribution in [3.63, 3.8) is 0 Å². The molecule has 3 heterocycles. The number of carbonyl (C=O) groups excluding carboxylic acids is 1. The van der Waals surface area contributed by atoms with Crippen LogP contribution in [0.2, 0.25) is 0 Å². The molecule has 1 N–H and O–H groups in total. The Morgan fingerprint density at radius 3 is 2.69 bits per heavy atom. The fourth-order valence-electron chi connectivity index (χ4n) is 2.65. The van der Waals surface area contributed by atoms with Crippen LogP contribution in [0.3, 0.4) is 0 Å². The van der Waals surface area contributed by atoms with Crippen molar-refractivity contribution in [2.24, 2.45) is 0 Å². The second kappa shape index (κ2) is 8.18. The second-order valence-corrected chi connectivity index (χ2v) is 6.77. The molecule has 2 unspecified atom stereocenters. The smallest absolute Gasteiger partial charge is 0.280 e. The molecule has 0 aromatic carbocycles. The van der Waals surface area contributed by atoms with Gasteiger partial charge in [0, 0.05) is 23.5 Å². The zero-order valence-corrected chi connectivity index (χ0v) is 14.9. The third-order valence-corrected chi connectivity index (χ3v) is 4.90. The van der Waals surface area contributed by atoms with Crippen molar-refractivity contribution in [2.75, 3.05) is 0 Å². The first-order chi connectivity index (χ1) is 12.5. The largest absolute Gasteiger partial charge is 0.346 e. The predicted octanol–water partition coefficient (Wildman–Crippen LogP) is 4.13. The van der Waals surface area contributed by atoms with Crippen molar-refractivity contribution in [3.05, 3.63) is 70.7 Å². The van der Waals surface area contributed by atoms with E-state index in [1.807, 2.05) is 46.6 Å². The van der Waals surface area contributed by atoms with Gasteiger partial charge in [-0.15, -0.1) is 11.3 Å². The van der Waals surface area contributed by atoms with Crippen LogP contribution in [0.4, 0.5) is 8.78 Å². The first-order valence-electron chi connectivity index (χ1n) is 8.11. The summed E-state index contributed by atoms with van der Waals surface area (Å²) in [4.78, 5) is 21.4. The van der Waals surface area contributed by atoms with E-state index in [4.69, 9.17) is 0 Å². The van der Waals surface area contributed by atoms with E-state index >= 15 is 0 Å². The van der Waals surface area contributed by atoms with Gasteiger partial charge in [0.25, 0.3) is 6.43 Å². The molecule has 2 atom stereocenters. The summed E-state index contributed by atoms with van der Waals surface area (Å²) in [6.45, 7) is 1.68. The van der Waals surface area contributed by atoms with Gasteiger partial charge >= 0.3 is 0 Å². The van der Waals surface area contributed by atoms with Crippen LogP contribution in [0.1, 0.15) is 48.2 Å². The van der Waals surface area contributed by atoms with Crippen molar-refractivity contribution < 1.29 is 13.6 Å². The number of alkyl halides is 2. The molecule has 0 aliphatic heterocycles. The quantitative estimate of drug-likeness (QED) is 0.674. The van der Waals surface area contributed by atoms with E-state index in [1.54, 1.807) is 18.3 Å². The average Bonchev–Trinajstić information content (AvgIpc) is 3.33. The lowest BCUT2D eigenvalue weighted by Gasteiger charge is -2.19. The fraction of sp³-hybridized carbons (Fsp3) is 0.278. The van der Waals surface area contributed by atoms with Gasteiger partial charge in [-0.05, 0) is 36.6 Å². The molecular formula is C18H18F2N4OS. The molecular weight excluding hydrogens is 358 g/mol. The van der Waals surface area contributed by atoms with Gasteiger partial charge in [0.15, 0.2) is 5.82 Å². The summed E-state index contributed by atoms with van der Waals surface area (Å²) in [6, 6.07) is 8.24. The first kappa shape index (κ1) is 18.2. The molecule has 136 valence electrons. The first-order valence-corrected chi connectivity index (χ1v) is 8.98. The Bertz CT molecular complexity index is 803.